The summed E-state index contributed by atoms with van der Waals surface area (Å²) >= 11 is 6.25. The topological polar surface area (TPSA) is 80.7 Å². The van der Waals surface area contributed by atoms with E-state index in [-0.39, 0.29) is 26.1 Å². The Bertz CT molecular complexity index is 1160. The smallest absolute Gasteiger partial charge is 0.344 e. The highest BCUT2D eigenvalue weighted by Gasteiger charge is 2.22. The van der Waals surface area contributed by atoms with Crippen molar-refractivity contribution in [1.82, 2.24) is 0 Å². The monoisotopic (exact) mass is 434 g/mol. The van der Waals surface area contributed by atoms with Gasteiger partial charge in [-0.3, -0.25) is 0 Å². The molecule has 0 radical (unpaired) electrons. The molecule has 0 heterocycles. The molecule has 0 amide bonds. The van der Waals surface area contributed by atoms with Crippen LogP contribution in [0.5, 0.6) is 5.75 Å². The zero-order chi connectivity index (χ0) is 21.2. The van der Waals surface area contributed by atoms with Gasteiger partial charge in [0.25, 0.3) is 0 Å². The number of halogens is 2. The quantitative estimate of drug-likeness (QED) is 0.601. The first-order chi connectivity index (χ1) is 13.7. The molecule has 0 saturated heterocycles. The molecule has 0 aliphatic heterocycles. The number of carbonyl (C=O) groups is 1. The predicted octanol–water partition coefficient (Wildman–Crippen LogP) is 4.83. The van der Waals surface area contributed by atoms with E-state index in [0.29, 0.717) is 5.56 Å². The second-order valence-corrected chi connectivity index (χ2v) is 8.53. The minimum absolute atomic E-state index is 0.0483. The van der Waals surface area contributed by atoms with Gasteiger partial charge in [0.15, 0.2) is 6.10 Å². The standard InChI is InChI=1S/C21H16ClFO5S/c1-13(21(24)25)28-19-9-8-15(23)12-17(19)14-7-10-20(18(22)11-14)29(26,27)16-5-3-2-4-6-16/h2-13H,1H3,(H,24,25)/t13-/m0/s1. The van der Waals surface area contributed by atoms with Crippen molar-refractivity contribution in [3.05, 3.63) is 77.6 Å². The van der Waals surface area contributed by atoms with Gasteiger partial charge in [-0.2, -0.15) is 0 Å². The van der Waals surface area contributed by atoms with Crippen molar-refractivity contribution in [2.45, 2.75) is 22.8 Å². The van der Waals surface area contributed by atoms with E-state index in [4.69, 9.17) is 21.4 Å². The molecule has 3 aromatic rings. The summed E-state index contributed by atoms with van der Waals surface area (Å²) < 4.78 is 44.8. The van der Waals surface area contributed by atoms with Crippen LogP contribution in [0, 0.1) is 5.82 Å². The minimum atomic E-state index is -3.83. The number of ether oxygens (including phenoxy) is 1. The first kappa shape index (κ1) is 20.8. The molecule has 0 aliphatic carbocycles. The SMILES string of the molecule is C[C@H](Oc1ccc(F)cc1-c1ccc(S(=O)(=O)c2ccccc2)c(Cl)c1)C(=O)O. The van der Waals surface area contributed by atoms with Crippen LogP contribution in [-0.4, -0.2) is 25.6 Å². The zero-order valence-electron chi connectivity index (χ0n) is 15.2. The highest BCUT2D eigenvalue weighted by Crippen LogP contribution is 2.36. The molecule has 0 fully saturated rings. The molecule has 0 saturated carbocycles. The highest BCUT2D eigenvalue weighted by atomic mass is 35.5. The molecule has 150 valence electrons. The summed E-state index contributed by atoms with van der Waals surface area (Å²) in [4.78, 5) is 11.1. The number of carboxylic acids is 1. The molecular formula is C21H16ClFO5S. The van der Waals surface area contributed by atoms with Gasteiger partial charge < -0.3 is 9.84 Å². The lowest BCUT2D eigenvalue weighted by Crippen LogP contribution is -2.23. The van der Waals surface area contributed by atoms with Gasteiger partial charge >= 0.3 is 5.97 Å². The van der Waals surface area contributed by atoms with Crippen LogP contribution in [0.25, 0.3) is 11.1 Å². The summed E-state index contributed by atoms with van der Waals surface area (Å²) in [6, 6.07) is 15.6. The van der Waals surface area contributed by atoms with E-state index >= 15 is 0 Å². The van der Waals surface area contributed by atoms with Crippen LogP contribution >= 0.6 is 11.6 Å². The largest absolute Gasteiger partial charge is 0.479 e. The molecule has 3 rings (SSSR count). The van der Waals surface area contributed by atoms with Crippen LogP contribution in [-0.2, 0) is 14.6 Å². The van der Waals surface area contributed by atoms with E-state index < -0.39 is 27.7 Å². The fourth-order valence-corrected chi connectivity index (χ4v) is 4.50. The second kappa shape index (κ2) is 8.23. The normalized spacial score (nSPS) is 12.4. The van der Waals surface area contributed by atoms with E-state index in [1.165, 1.54) is 49.4 Å². The lowest BCUT2D eigenvalue weighted by molar-refractivity contribution is -0.144. The second-order valence-electron chi connectivity index (χ2n) is 6.20. The van der Waals surface area contributed by atoms with Gasteiger partial charge in [-0.05, 0) is 55.0 Å². The number of benzene rings is 3. The van der Waals surface area contributed by atoms with Gasteiger partial charge in [-0.25, -0.2) is 17.6 Å². The number of carboxylic acid groups (broad SMARTS) is 1. The summed E-state index contributed by atoms with van der Waals surface area (Å²) in [6.07, 6.45) is -1.16. The van der Waals surface area contributed by atoms with Gasteiger partial charge in [-0.15, -0.1) is 0 Å². The van der Waals surface area contributed by atoms with Gasteiger partial charge in [0.05, 0.1) is 14.8 Å². The molecule has 1 atom stereocenters. The number of sulfone groups is 1. The van der Waals surface area contributed by atoms with Crippen molar-refractivity contribution < 1.29 is 27.4 Å². The highest BCUT2D eigenvalue weighted by molar-refractivity contribution is 7.91. The van der Waals surface area contributed by atoms with E-state index in [1.54, 1.807) is 18.2 Å². The lowest BCUT2D eigenvalue weighted by Gasteiger charge is -2.15. The van der Waals surface area contributed by atoms with Crippen molar-refractivity contribution >= 4 is 27.4 Å². The lowest BCUT2D eigenvalue weighted by atomic mass is 10.0. The van der Waals surface area contributed by atoms with Gasteiger partial charge in [-0.1, -0.05) is 35.9 Å². The Hall–Kier alpha value is -2.90. The van der Waals surface area contributed by atoms with Crippen LogP contribution in [0.15, 0.2) is 76.5 Å². The summed E-state index contributed by atoms with van der Waals surface area (Å²) in [5.41, 5.74) is 0.637. The molecule has 1 N–H and O–H groups in total. The molecule has 0 aliphatic rings. The van der Waals surface area contributed by atoms with Crippen LogP contribution in [0.1, 0.15) is 6.92 Å². The minimum Gasteiger partial charge on any atom is -0.479 e. The van der Waals surface area contributed by atoms with Crippen molar-refractivity contribution in [3.63, 3.8) is 0 Å². The van der Waals surface area contributed by atoms with Crippen LogP contribution < -0.4 is 4.74 Å². The summed E-state index contributed by atoms with van der Waals surface area (Å²) in [5, 5.41) is 9.00. The van der Waals surface area contributed by atoms with E-state index in [0.717, 1.165) is 6.07 Å². The number of hydrogen-bond donors (Lipinski definition) is 1. The maximum absolute atomic E-state index is 13.8. The first-order valence-electron chi connectivity index (χ1n) is 8.49. The summed E-state index contributed by atoms with van der Waals surface area (Å²) in [5.74, 6) is -1.61. The Kier molecular flexibility index (Phi) is 5.91. The van der Waals surface area contributed by atoms with E-state index in [1.807, 2.05) is 0 Å². The maximum Gasteiger partial charge on any atom is 0.344 e. The number of aliphatic carboxylic acids is 1. The Morgan fingerprint density at radius 2 is 1.76 bits per heavy atom. The van der Waals surface area contributed by atoms with E-state index in [9.17, 15) is 17.6 Å². The average molecular weight is 435 g/mol. The van der Waals surface area contributed by atoms with Crippen LogP contribution in [0.3, 0.4) is 0 Å². The van der Waals surface area contributed by atoms with Gasteiger partial charge in [0, 0.05) is 5.56 Å². The Morgan fingerprint density at radius 1 is 1.07 bits per heavy atom. The molecule has 8 heteroatoms. The molecule has 0 aromatic heterocycles. The van der Waals surface area contributed by atoms with Gasteiger partial charge in [0.2, 0.25) is 9.84 Å². The first-order valence-corrected chi connectivity index (χ1v) is 10.4. The molecule has 3 aromatic carbocycles. The molecule has 0 bridgehead atoms. The number of hydrogen-bond acceptors (Lipinski definition) is 4. The Morgan fingerprint density at radius 3 is 2.38 bits per heavy atom. The van der Waals surface area contributed by atoms with E-state index in [2.05, 4.69) is 0 Å². The molecule has 5 nitrogen and oxygen atoms in total. The third-order valence-electron chi connectivity index (χ3n) is 4.18. The predicted molar refractivity (Wildman–Crippen MR) is 106 cm³/mol. The zero-order valence-corrected chi connectivity index (χ0v) is 16.7. The summed E-state index contributed by atoms with van der Waals surface area (Å²) in [6.45, 7) is 1.35. The fraction of sp³-hybridized carbons (Fsp3) is 0.0952. The molecule has 0 spiro atoms. The molecular weight excluding hydrogens is 419 g/mol. The van der Waals surface area contributed by atoms with Crippen molar-refractivity contribution in [3.8, 4) is 16.9 Å². The molecule has 29 heavy (non-hydrogen) atoms. The van der Waals surface area contributed by atoms with Crippen molar-refractivity contribution in [2.75, 3.05) is 0 Å². The third-order valence-corrected chi connectivity index (χ3v) is 6.43. The van der Waals surface area contributed by atoms with Gasteiger partial charge in [0.1, 0.15) is 11.6 Å². The Labute approximate surface area is 172 Å². The third kappa shape index (κ3) is 4.41. The average Bonchev–Trinajstić information content (AvgIpc) is 2.69. The van der Waals surface area contributed by atoms with Crippen molar-refractivity contribution in [2.24, 2.45) is 0 Å². The fourth-order valence-electron chi connectivity index (χ4n) is 2.68. The van der Waals surface area contributed by atoms with Crippen LogP contribution in [0.4, 0.5) is 4.39 Å². The summed E-state index contributed by atoms with van der Waals surface area (Å²) in [7, 11) is -3.83. The molecule has 0 unspecified atom stereocenters. The Balaban J connectivity index is 2.06. The van der Waals surface area contributed by atoms with Crippen LogP contribution in [0.2, 0.25) is 5.02 Å². The van der Waals surface area contributed by atoms with Crippen molar-refractivity contribution in [1.29, 1.82) is 0 Å². The number of rotatable bonds is 6. The maximum atomic E-state index is 13.8.